The summed E-state index contributed by atoms with van der Waals surface area (Å²) in [5.41, 5.74) is 2.04. The van der Waals surface area contributed by atoms with Crippen LogP contribution in [0.1, 0.15) is 12.8 Å². The molecule has 6 heteroatoms. The highest BCUT2D eigenvalue weighted by molar-refractivity contribution is 5.77. The molecule has 2 rings (SSSR count). The lowest BCUT2D eigenvalue weighted by Gasteiger charge is -2.18. The minimum atomic E-state index is -0.796. The average Bonchev–Trinajstić information content (AvgIpc) is 2.67. The van der Waals surface area contributed by atoms with E-state index in [0.717, 1.165) is 5.69 Å². The number of nitrogens with one attached hydrogen (secondary N) is 1. The van der Waals surface area contributed by atoms with Gasteiger partial charge in [-0.1, -0.05) is 0 Å². The second-order valence-electron chi connectivity index (χ2n) is 4.11. The summed E-state index contributed by atoms with van der Waals surface area (Å²) in [6, 6.07) is 5.38. The minimum absolute atomic E-state index is 0.145. The lowest BCUT2D eigenvalue weighted by molar-refractivity contribution is -0.137. The molecular formula is C12H14N2O4. The molecule has 1 heterocycles. The lowest BCUT2D eigenvalue weighted by atomic mass is 10.2. The van der Waals surface area contributed by atoms with Crippen molar-refractivity contribution in [1.82, 2.24) is 4.98 Å². The van der Waals surface area contributed by atoms with Gasteiger partial charge in [0.15, 0.2) is 5.58 Å². The second kappa shape index (κ2) is 4.95. The number of anilines is 1. The van der Waals surface area contributed by atoms with Crippen molar-refractivity contribution in [3.05, 3.63) is 28.7 Å². The predicted octanol–water partition coefficient (Wildman–Crippen LogP) is 1.42. The summed E-state index contributed by atoms with van der Waals surface area (Å²) in [5.74, 6) is -1.27. The summed E-state index contributed by atoms with van der Waals surface area (Å²) in [7, 11) is 1.87. The Balaban J connectivity index is 2.09. The molecule has 0 aliphatic rings. The number of carboxylic acids is 1. The van der Waals surface area contributed by atoms with Gasteiger partial charge < -0.3 is 14.4 Å². The number of aliphatic carboxylic acids is 1. The Labute approximate surface area is 103 Å². The molecule has 0 radical (unpaired) electrons. The first kappa shape index (κ1) is 12.2. The monoisotopic (exact) mass is 250 g/mol. The van der Waals surface area contributed by atoms with Crippen LogP contribution < -0.4 is 10.7 Å². The largest absolute Gasteiger partial charge is 0.481 e. The lowest BCUT2D eigenvalue weighted by Crippen LogP contribution is -2.19. The van der Waals surface area contributed by atoms with Gasteiger partial charge in [-0.15, -0.1) is 0 Å². The maximum absolute atomic E-state index is 11.0. The van der Waals surface area contributed by atoms with Crippen molar-refractivity contribution in [2.75, 3.05) is 18.5 Å². The number of carboxylic acid groups (broad SMARTS) is 1. The summed E-state index contributed by atoms with van der Waals surface area (Å²) in [6.07, 6.45) is 0.715. The number of nitrogens with zero attached hydrogens (tertiary/aromatic N) is 1. The van der Waals surface area contributed by atoms with E-state index >= 15 is 0 Å². The first-order valence-electron chi connectivity index (χ1n) is 5.62. The van der Waals surface area contributed by atoms with Gasteiger partial charge in [0.1, 0.15) is 0 Å². The van der Waals surface area contributed by atoms with Crippen LogP contribution in [0.3, 0.4) is 0 Å². The van der Waals surface area contributed by atoms with Crippen LogP contribution >= 0.6 is 0 Å². The highest BCUT2D eigenvalue weighted by atomic mass is 16.4. The molecule has 0 atom stereocenters. The number of benzene rings is 1. The van der Waals surface area contributed by atoms with E-state index in [1.807, 2.05) is 18.0 Å². The first-order valence-corrected chi connectivity index (χ1v) is 5.62. The Morgan fingerprint density at radius 3 is 3.00 bits per heavy atom. The van der Waals surface area contributed by atoms with Gasteiger partial charge in [-0.2, -0.15) is 0 Å². The highest BCUT2D eigenvalue weighted by Crippen LogP contribution is 2.19. The number of hydrogen-bond donors (Lipinski definition) is 2. The van der Waals surface area contributed by atoms with Crippen molar-refractivity contribution in [3.8, 4) is 0 Å². The van der Waals surface area contributed by atoms with Crippen LogP contribution in [0.15, 0.2) is 27.4 Å². The Bertz CT molecular complexity index is 614. The first-order chi connectivity index (χ1) is 8.56. The second-order valence-corrected chi connectivity index (χ2v) is 4.11. The fourth-order valence-electron chi connectivity index (χ4n) is 1.77. The van der Waals surface area contributed by atoms with Gasteiger partial charge in [-0.05, 0) is 18.6 Å². The maximum atomic E-state index is 11.0. The van der Waals surface area contributed by atoms with E-state index in [9.17, 15) is 9.59 Å². The van der Waals surface area contributed by atoms with Crippen molar-refractivity contribution < 1.29 is 14.3 Å². The molecule has 0 spiro atoms. The van der Waals surface area contributed by atoms with Crippen LogP contribution in [0.2, 0.25) is 0 Å². The number of aromatic amines is 1. The normalized spacial score (nSPS) is 10.7. The maximum Gasteiger partial charge on any atom is 0.417 e. The fourth-order valence-corrected chi connectivity index (χ4v) is 1.77. The molecule has 0 fully saturated rings. The Kier molecular flexibility index (Phi) is 3.36. The SMILES string of the molecule is CN(CCCC(=O)O)c1ccc2[nH]c(=O)oc2c1. The predicted molar refractivity (Wildman–Crippen MR) is 67.0 cm³/mol. The van der Waals surface area contributed by atoms with E-state index in [0.29, 0.717) is 24.1 Å². The van der Waals surface area contributed by atoms with Gasteiger partial charge in [0.25, 0.3) is 0 Å². The number of H-pyrrole nitrogens is 1. The number of fused-ring (bicyclic) bond motifs is 1. The van der Waals surface area contributed by atoms with Crippen LogP contribution in [0.4, 0.5) is 5.69 Å². The number of carbonyl (C=O) groups is 1. The molecule has 2 aromatic rings. The van der Waals surface area contributed by atoms with Crippen molar-refractivity contribution in [2.45, 2.75) is 12.8 Å². The number of oxazole rings is 1. The van der Waals surface area contributed by atoms with Crippen molar-refractivity contribution in [1.29, 1.82) is 0 Å². The zero-order valence-electron chi connectivity index (χ0n) is 9.97. The molecule has 6 nitrogen and oxygen atoms in total. The zero-order valence-corrected chi connectivity index (χ0v) is 9.97. The third-order valence-corrected chi connectivity index (χ3v) is 2.73. The Morgan fingerprint density at radius 1 is 1.50 bits per heavy atom. The number of rotatable bonds is 5. The standard InChI is InChI=1S/C12H14N2O4/c1-14(6-2-3-11(15)16)8-4-5-9-10(7-8)18-12(17)13-9/h4-5,7H,2-3,6H2,1H3,(H,13,17)(H,15,16). The Morgan fingerprint density at radius 2 is 2.28 bits per heavy atom. The molecule has 18 heavy (non-hydrogen) atoms. The van der Waals surface area contributed by atoms with E-state index in [-0.39, 0.29) is 6.42 Å². The van der Waals surface area contributed by atoms with Crippen LogP contribution in [-0.2, 0) is 4.79 Å². The molecule has 1 aromatic heterocycles. The quantitative estimate of drug-likeness (QED) is 0.838. The molecule has 0 saturated heterocycles. The van der Waals surface area contributed by atoms with Gasteiger partial charge in [0.05, 0.1) is 5.52 Å². The van der Waals surface area contributed by atoms with Crippen molar-refractivity contribution >= 4 is 22.8 Å². The zero-order chi connectivity index (χ0) is 13.1. The summed E-state index contributed by atoms with van der Waals surface area (Å²) < 4.78 is 4.97. The molecule has 1 aromatic carbocycles. The molecule has 0 amide bonds. The van der Waals surface area contributed by atoms with Gasteiger partial charge in [-0.25, -0.2) is 4.79 Å². The Hall–Kier alpha value is -2.24. The summed E-state index contributed by atoms with van der Waals surface area (Å²) in [5, 5.41) is 8.57. The van der Waals surface area contributed by atoms with Gasteiger partial charge in [0.2, 0.25) is 0 Å². The molecule has 0 saturated carbocycles. The van der Waals surface area contributed by atoms with Gasteiger partial charge in [-0.3, -0.25) is 9.78 Å². The fraction of sp³-hybridized carbons (Fsp3) is 0.333. The highest BCUT2D eigenvalue weighted by Gasteiger charge is 2.06. The summed E-state index contributed by atoms with van der Waals surface area (Å²) in [4.78, 5) is 25.9. The number of aromatic nitrogens is 1. The molecule has 0 aliphatic heterocycles. The number of hydrogen-bond acceptors (Lipinski definition) is 4. The van der Waals surface area contributed by atoms with Gasteiger partial charge >= 0.3 is 11.7 Å². The van der Waals surface area contributed by atoms with Crippen LogP contribution in [0, 0.1) is 0 Å². The molecule has 0 unspecified atom stereocenters. The van der Waals surface area contributed by atoms with Crippen molar-refractivity contribution in [3.63, 3.8) is 0 Å². The molecule has 0 bridgehead atoms. The van der Waals surface area contributed by atoms with E-state index in [4.69, 9.17) is 9.52 Å². The van der Waals surface area contributed by atoms with E-state index in [2.05, 4.69) is 4.98 Å². The summed E-state index contributed by atoms with van der Waals surface area (Å²) in [6.45, 7) is 0.631. The van der Waals surface area contributed by atoms with Crippen molar-refractivity contribution in [2.24, 2.45) is 0 Å². The summed E-state index contributed by atoms with van der Waals surface area (Å²) >= 11 is 0. The smallest absolute Gasteiger partial charge is 0.417 e. The molecule has 96 valence electrons. The van der Waals surface area contributed by atoms with E-state index < -0.39 is 11.7 Å². The molecule has 0 aliphatic carbocycles. The van der Waals surface area contributed by atoms with E-state index in [1.165, 1.54) is 0 Å². The third-order valence-electron chi connectivity index (χ3n) is 2.73. The van der Waals surface area contributed by atoms with Crippen LogP contribution in [-0.4, -0.2) is 29.7 Å². The van der Waals surface area contributed by atoms with E-state index in [1.54, 1.807) is 12.1 Å². The molecular weight excluding hydrogens is 236 g/mol. The third kappa shape index (κ3) is 2.71. The minimum Gasteiger partial charge on any atom is -0.481 e. The topological polar surface area (TPSA) is 86.5 Å². The van der Waals surface area contributed by atoms with Gasteiger partial charge in [0, 0.05) is 31.8 Å². The van der Waals surface area contributed by atoms with Crippen LogP contribution in [0.5, 0.6) is 0 Å². The molecule has 2 N–H and O–H groups in total. The average molecular weight is 250 g/mol. The van der Waals surface area contributed by atoms with Crippen LogP contribution in [0.25, 0.3) is 11.1 Å².